The summed E-state index contributed by atoms with van der Waals surface area (Å²) >= 11 is 0. The third-order valence-corrected chi connectivity index (χ3v) is 4.68. The van der Waals surface area contributed by atoms with Crippen LogP contribution in [0.15, 0.2) is 53.4 Å². The molecule has 0 aliphatic carbocycles. The van der Waals surface area contributed by atoms with Crippen LogP contribution in [0.1, 0.15) is 15.9 Å². The van der Waals surface area contributed by atoms with Crippen LogP contribution in [-0.2, 0) is 14.8 Å². The molecule has 0 bridgehead atoms. The van der Waals surface area contributed by atoms with Crippen molar-refractivity contribution in [1.29, 1.82) is 0 Å². The number of sulfonamides is 1. The number of carboxylic acids is 2. The molecule has 0 heterocycles. The van der Waals surface area contributed by atoms with Gasteiger partial charge in [-0.3, -0.25) is 4.72 Å². The van der Waals surface area contributed by atoms with Gasteiger partial charge in [-0.15, -0.1) is 0 Å². The van der Waals surface area contributed by atoms with Gasteiger partial charge in [0.15, 0.2) is 0 Å². The average Bonchev–Trinajstić information content (AvgIpc) is 2.59. The SMILES string of the molecule is COc1cc(/C=C/C(=O)[O-])ccc1S(=O)(=O)Nc1ccc(C(=O)[O-])cc1. The smallest absolute Gasteiger partial charge is 0.265 e. The van der Waals surface area contributed by atoms with Crippen LogP contribution in [0.5, 0.6) is 5.75 Å². The molecule has 136 valence electrons. The second-order valence-corrected chi connectivity index (χ2v) is 6.68. The predicted octanol–water partition coefficient (Wildman–Crippen LogP) is -0.377. The summed E-state index contributed by atoms with van der Waals surface area (Å²) in [6, 6.07) is 8.99. The zero-order chi connectivity index (χ0) is 19.3. The third-order valence-electron chi connectivity index (χ3n) is 3.26. The van der Waals surface area contributed by atoms with Crippen LogP contribution < -0.4 is 19.7 Å². The minimum absolute atomic E-state index is 0.00403. The van der Waals surface area contributed by atoms with Crippen molar-refractivity contribution >= 4 is 33.7 Å². The van der Waals surface area contributed by atoms with Crippen LogP contribution in [0.3, 0.4) is 0 Å². The topological polar surface area (TPSA) is 136 Å². The average molecular weight is 375 g/mol. The Hall–Kier alpha value is -3.33. The van der Waals surface area contributed by atoms with E-state index in [0.717, 1.165) is 6.08 Å². The van der Waals surface area contributed by atoms with Gasteiger partial charge in [-0.2, -0.15) is 0 Å². The lowest BCUT2D eigenvalue weighted by Gasteiger charge is -2.13. The second-order valence-electron chi connectivity index (χ2n) is 5.03. The first kappa shape index (κ1) is 19.0. The molecule has 0 saturated heterocycles. The number of nitrogens with one attached hydrogen (secondary N) is 1. The van der Waals surface area contributed by atoms with Gasteiger partial charge in [0.05, 0.1) is 19.0 Å². The first-order valence-corrected chi connectivity index (χ1v) is 8.62. The molecule has 0 aliphatic heterocycles. The molecular formula is C17H13NO7S-2. The highest BCUT2D eigenvalue weighted by Crippen LogP contribution is 2.27. The molecule has 2 aromatic carbocycles. The minimum atomic E-state index is -4.03. The van der Waals surface area contributed by atoms with Gasteiger partial charge in [0.1, 0.15) is 10.6 Å². The number of ether oxygens (including phenoxy) is 1. The van der Waals surface area contributed by atoms with Gasteiger partial charge in [0.2, 0.25) is 0 Å². The van der Waals surface area contributed by atoms with E-state index >= 15 is 0 Å². The number of carbonyl (C=O) groups is 2. The van der Waals surface area contributed by atoms with E-state index in [1.54, 1.807) is 0 Å². The Bertz CT molecular complexity index is 963. The molecule has 2 rings (SSSR count). The zero-order valence-corrected chi connectivity index (χ0v) is 14.3. The van der Waals surface area contributed by atoms with Gasteiger partial charge in [-0.25, -0.2) is 8.42 Å². The number of hydrogen-bond acceptors (Lipinski definition) is 7. The summed E-state index contributed by atoms with van der Waals surface area (Å²) in [6.07, 6.45) is 2.04. The van der Waals surface area contributed by atoms with E-state index in [4.69, 9.17) is 4.74 Å². The predicted molar refractivity (Wildman–Crippen MR) is 88.6 cm³/mol. The molecule has 0 radical (unpaired) electrons. The molecule has 0 fully saturated rings. The van der Waals surface area contributed by atoms with Gasteiger partial charge in [-0.1, -0.05) is 24.3 Å². The summed E-state index contributed by atoms with van der Waals surface area (Å²) < 4.78 is 32.4. The molecule has 0 unspecified atom stereocenters. The summed E-state index contributed by atoms with van der Waals surface area (Å²) in [6.45, 7) is 0. The van der Waals surface area contributed by atoms with Crippen molar-refractivity contribution in [3.8, 4) is 5.75 Å². The molecule has 8 nitrogen and oxygen atoms in total. The van der Waals surface area contributed by atoms with E-state index in [9.17, 15) is 28.2 Å². The molecule has 0 spiro atoms. The molecule has 0 atom stereocenters. The van der Waals surface area contributed by atoms with Crippen molar-refractivity contribution in [2.75, 3.05) is 11.8 Å². The zero-order valence-electron chi connectivity index (χ0n) is 13.5. The van der Waals surface area contributed by atoms with Crippen molar-refractivity contribution in [3.05, 3.63) is 59.7 Å². The van der Waals surface area contributed by atoms with E-state index in [1.807, 2.05) is 0 Å². The van der Waals surface area contributed by atoms with Crippen LogP contribution in [0, 0.1) is 0 Å². The van der Waals surface area contributed by atoms with Gasteiger partial charge in [0, 0.05) is 5.69 Å². The van der Waals surface area contributed by atoms with Gasteiger partial charge >= 0.3 is 0 Å². The van der Waals surface area contributed by atoms with E-state index in [2.05, 4.69) is 4.72 Å². The number of methoxy groups -OCH3 is 1. The monoisotopic (exact) mass is 375 g/mol. The van der Waals surface area contributed by atoms with Crippen LogP contribution in [0.4, 0.5) is 5.69 Å². The van der Waals surface area contributed by atoms with Crippen LogP contribution in [0.2, 0.25) is 0 Å². The van der Waals surface area contributed by atoms with Crippen molar-refractivity contribution in [1.82, 2.24) is 0 Å². The summed E-state index contributed by atoms with van der Waals surface area (Å²) in [7, 11) is -2.75. The van der Waals surface area contributed by atoms with Crippen molar-refractivity contribution in [3.63, 3.8) is 0 Å². The molecule has 26 heavy (non-hydrogen) atoms. The fourth-order valence-electron chi connectivity index (χ4n) is 2.06. The highest BCUT2D eigenvalue weighted by molar-refractivity contribution is 7.92. The van der Waals surface area contributed by atoms with Crippen molar-refractivity contribution in [2.45, 2.75) is 4.90 Å². The van der Waals surface area contributed by atoms with E-state index < -0.39 is 22.0 Å². The Labute approximate surface area is 149 Å². The Morgan fingerprint density at radius 3 is 2.27 bits per heavy atom. The summed E-state index contributed by atoms with van der Waals surface area (Å²) in [5.41, 5.74) is 0.468. The lowest BCUT2D eigenvalue weighted by molar-refractivity contribution is -0.297. The maximum Gasteiger partial charge on any atom is 0.265 e. The van der Waals surface area contributed by atoms with Gasteiger partial charge < -0.3 is 24.5 Å². The number of benzene rings is 2. The van der Waals surface area contributed by atoms with E-state index in [0.29, 0.717) is 5.56 Å². The highest BCUT2D eigenvalue weighted by Gasteiger charge is 2.19. The summed E-state index contributed by atoms with van der Waals surface area (Å²) in [5.74, 6) is -2.76. The molecule has 9 heteroatoms. The van der Waals surface area contributed by atoms with Crippen molar-refractivity contribution in [2.24, 2.45) is 0 Å². The number of hydrogen-bond donors (Lipinski definition) is 1. The molecule has 0 saturated carbocycles. The summed E-state index contributed by atoms with van der Waals surface area (Å²) in [4.78, 5) is 21.0. The standard InChI is InChI=1S/C17H15NO7S/c1-25-14-10-11(3-9-16(19)20)2-8-15(14)26(23,24)18-13-6-4-12(5-7-13)17(21)22/h2-10,18H,1H3,(H,19,20)(H,21,22)/p-2/b9-3+. The molecule has 0 amide bonds. The number of aromatic carboxylic acids is 1. The maximum atomic E-state index is 12.5. The van der Waals surface area contributed by atoms with Gasteiger partial charge in [-0.05, 0) is 41.5 Å². The molecule has 1 N–H and O–H groups in total. The van der Waals surface area contributed by atoms with Crippen LogP contribution >= 0.6 is 0 Å². The van der Waals surface area contributed by atoms with Crippen LogP contribution in [-0.4, -0.2) is 27.5 Å². The molecule has 2 aromatic rings. The highest BCUT2D eigenvalue weighted by atomic mass is 32.2. The number of carbonyl (C=O) groups excluding carboxylic acids is 2. The fraction of sp³-hybridized carbons (Fsp3) is 0.0588. The second kappa shape index (κ2) is 7.70. The quantitative estimate of drug-likeness (QED) is 0.652. The Morgan fingerprint density at radius 2 is 1.73 bits per heavy atom. The normalized spacial score (nSPS) is 11.3. The lowest BCUT2D eigenvalue weighted by Crippen LogP contribution is -2.22. The van der Waals surface area contributed by atoms with Crippen LogP contribution in [0.25, 0.3) is 6.08 Å². The first-order valence-electron chi connectivity index (χ1n) is 7.14. The number of rotatable bonds is 7. The number of aliphatic carboxylic acids is 1. The van der Waals surface area contributed by atoms with E-state index in [-0.39, 0.29) is 21.9 Å². The minimum Gasteiger partial charge on any atom is -0.545 e. The fourth-order valence-corrected chi connectivity index (χ4v) is 3.27. The lowest BCUT2D eigenvalue weighted by atomic mass is 10.2. The maximum absolute atomic E-state index is 12.5. The Kier molecular flexibility index (Phi) is 5.63. The third kappa shape index (κ3) is 4.61. The van der Waals surface area contributed by atoms with Crippen molar-refractivity contribution < 1.29 is 33.0 Å². The number of carboxylic acid groups (broad SMARTS) is 2. The van der Waals surface area contributed by atoms with E-state index in [1.165, 1.54) is 55.7 Å². The Morgan fingerprint density at radius 1 is 1.08 bits per heavy atom. The molecule has 0 aliphatic rings. The van der Waals surface area contributed by atoms with Gasteiger partial charge in [0.25, 0.3) is 10.0 Å². The largest absolute Gasteiger partial charge is 0.545 e. The Balaban J connectivity index is 2.32. The molecular weight excluding hydrogens is 362 g/mol. The first-order chi connectivity index (χ1) is 12.2. The molecule has 0 aromatic heterocycles. The number of anilines is 1. The summed E-state index contributed by atoms with van der Waals surface area (Å²) in [5, 5.41) is 21.2.